The number of aliphatic carboxylic acids is 1. The second-order valence-electron chi connectivity index (χ2n) is 5.91. The number of carboxylic acid groups (broad SMARTS) is 1. The third-order valence-electron chi connectivity index (χ3n) is 4.01. The van der Waals surface area contributed by atoms with Crippen LogP contribution < -0.4 is 15.4 Å². The molecule has 0 spiro atoms. The van der Waals surface area contributed by atoms with Crippen molar-refractivity contribution in [2.24, 2.45) is 0 Å². The third-order valence-corrected chi connectivity index (χ3v) is 5.08. The molecule has 7 nitrogen and oxygen atoms in total. The summed E-state index contributed by atoms with van der Waals surface area (Å²) in [5, 5.41) is 15.7. The Morgan fingerprint density at radius 2 is 1.79 bits per heavy atom. The van der Waals surface area contributed by atoms with Gasteiger partial charge in [-0.2, -0.15) is 0 Å². The SMILES string of the molecule is COc1ccccc1Nc1nc(C)c(C(=O)NC(C(=O)O)c2ccccc2)s1. The summed E-state index contributed by atoms with van der Waals surface area (Å²) in [4.78, 5) is 29.0. The first-order chi connectivity index (χ1) is 13.5. The number of hydrogen-bond donors (Lipinski definition) is 3. The molecule has 1 atom stereocenters. The van der Waals surface area contributed by atoms with Crippen molar-refractivity contribution in [2.45, 2.75) is 13.0 Å². The number of hydrogen-bond acceptors (Lipinski definition) is 6. The Balaban J connectivity index is 1.80. The van der Waals surface area contributed by atoms with Gasteiger partial charge in [-0.25, -0.2) is 9.78 Å². The Morgan fingerprint density at radius 3 is 2.46 bits per heavy atom. The van der Waals surface area contributed by atoms with E-state index in [0.717, 1.165) is 17.0 Å². The van der Waals surface area contributed by atoms with E-state index in [1.165, 1.54) is 0 Å². The zero-order valence-corrected chi connectivity index (χ0v) is 16.1. The number of para-hydroxylation sites is 2. The van der Waals surface area contributed by atoms with Crippen LogP contribution >= 0.6 is 11.3 Å². The molecule has 28 heavy (non-hydrogen) atoms. The molecule has 3 N–H and O–H groups in total. The van der Waals surface area contributed by atoms with Crippen molar-refractivity contribution < 1.29 is 19.4 Å². The van der Waals surface area contributed by atoms with Crippen LogP contribution in [0.5, 0.6) is 5.75 Å². The number of rotatable bonds is 7. The summed E-state index contributed by atoms with van der Waals surface area (Å²) in [6.07, 6.45) is 0. The Labute approximate surface area is 166 Å². The van der Waals surface area contributed by atoms with E-state index in [1.807, 2.05) is 24.3 Å². The van der Waals surface area contributed by atoms with Gasteiger partial charge in [-0.05, 0) is 24.6 Å². The van der Waals surface area contributed by atoms with Gasteiger partial charge in [0.25, 0.3) is 5.91 Å². The average molecular weight is 397 g/mol. The van der Waals surface area contributed by atoms with E-state index in [1.54, 1.807) is 44.4 Å². The van der Waals surface area contributed by atoms with Crippen LogP contribution in [-0.2, 0) is 4.79 Å². The van der Waals surface area contributed by atoms with E-state index in [9.17, 15) is 14.7 Å². The second kappa shape index (κ2) is 8.53. The molecule has 0 aliphatic heterocycles. The molecular weight excluding hydrogens is 378 g/mol. The molecule has 1 unspecified atom stereocenters. The molecular formula is C20H19N3O4S. The van der Waals surface area contributed by atoms with Crippen LogP contribution in [0.2, 0.25) is 0 Å². The standard InChI is InChI=1S/C20H19N3O4S/c1-12-17(18(24)23-16(19(25)26)13-8-4-3-5-9-13)28-20(21-12)22-14-10-6-7-11-15(14)27-2/h3-11,16H,1-2H3,(H,21,22)(H,23,24)(H,25,26). The number of nitrogens with one attached hydrogen (secondary N) is 2. The quantitative estimate of drug-likeness (QED) is 0.561. The van der Waals surface area contributed by atoms with E-state index < -0.39 is 17.9 Å². The van der Waals surface area contributed by atoms with Gasteiger partial charge < -0.3 is 20.5 Å². The number of thiazole rings is 1. The molecule has 144 valence electrons. The summed E-state index contributed by atoms with van der Waals surface area (Å²) in [5.74, 6) is -0.968. The molecule has 3 aromatic rings. The minimum absolute atomic E-state index is 0.347. The van der Waals surface area contributed by atoms with Crippen LogP contribution in [0.4, 0.5) is 10.8 Å². The lowest BCUT2D eigenvalue weighted by Gasteiger charge is -2.14. The number of carbonyl (C=O) groups excluding carboxylic acids is 1. The monoisotopic (exact) mass is 397 g/mol. The van der Waals surface area contributed by atoms with Gasteiger partial charge in [0, 0.05) is 0 Å². The molecule has 0 aliphatic rings. The zero-order chi connectivity index (χ0) is 20.1. The number of carboxylic acids is 1. The van der Waals surface area contributed by atoms with Crippen molar-refractivity contribution >= 4 is 34.0 Å². The van der Waals surface area contributed by atoms with Gasteiger partial charge in [-0.1, -0.05) is 53.8 Å². The molecule has 8 heteroatoms. The molecule has 0 radical (unpaired) electrons. The second-order valence-corrected chi connectivity index (χ2v) is 6.91. The van der Waals surface area contributed by atoms with Crippen molar-refractivity contribution in [1.82, 2.24) is 10.3 Å². The Hall–Kier alpha value is -3.39. The molecule has 1 heterocycles. The van der Waals surface area contributed by atoms with E-state index in [-0.39, 0.29) is 0 Å². The third kappa shape index (κ3) is 4.29. The molecule has 0 bridgehead atoms. The van der Waals surface area contributed by atoms with E-state index in [2.05, 4.69) is 15.6 Å². The maximum absolute atomic E-state index is 12.7. The molecule has 0 fully saturated rings. The first-order valence-electron chi connectivity index (χ1n) is 8.45. The van der Waals surface area contributed by atoms with Gasteiger partial charge >= 0.3 is 5.97 Å². The summed E-state index contributed by atoms with van der Waals surface area (Å²) >= 11 is 1.15. The van der Waals surface area contributed by atoms with Gasteiger partial charge in [-0.3, -0.25) is 4.79 Å². The van der Waals surface area contributed by atoms with Crippen molar-refractivity contribution in [3.8, 4) is 5.75 Å². The number of nitrogens with zero attached hydrogens (tertiary/aromatic N) is 1. The zero-order valence-electron chi connectivity index (χ0n) is 15.3. The van der Waals surface area contributed by atoms with E-state index in [4.69, 9.17) is 4.74 Å². The van der Waals surface area contributed by atoms with Gasteiger partial charge in [0.15, 0.2) is 11.2 Å². The molecule has 0 saturated carbocycles. The number of benzene rings is 2. The van der Waals surface area contributed by atoms with Crippen LogP contribution in [0.25, 0.3) is 0 Å². The molecule has 0 aliphatic carbocycles. The summed E-state index contributed by atoms with van der Waals surface area (Å²) < 4.78 is 5.30. The highest BCUT2D eigenvalue weighted by atomic mass is 32.1. The predicted molar refractivity (Wildman–Crippen MR) is 107 cm³/mol. The largest absolute Gasteiger partial charge is 0.495 e. The van der Waals surface area contributed by atoms with Crippen LogP contribution in [0.3, 0.4) is 0 Å². The van der Waals surface area contributed by atoms with Crippen LogP contribution in [0, 0.1) is 6.92 Å². The lowest BCUT2D eigenvalue weighted by molar-refractivity contribution is -0.139. The lowest BCUT2D eigenvalue weighted by Crippen LogP contribution is -2.33. The lowest BCUT2D eigenvalue weighted by atomic mass is 10.1. The molecule has 0 saturated heterocycles. The Bertz CT molecular complexity index is 988. The number of anilines is 2. The molecule has 2 aromatic carbocycles. The summed E-state index contributed by atoms with van der Waals surface area (Å²) in [7, 11) is 1.57. The smallest absolute Gasteiger partial charge is 0.330 e. The minimum Gasteiger partial charge on any atom is -0.495 e. The number of aromatic nitrogens is 1. The average Bonchev–Trinajstić information content (AvgIpc) is 3.07. The topological polar surface area (TPSA) is 101 Å². The summed E-state index contributed by atoms with van der Waals surface area (Å²) in [5.41, 5.74) is 1.73. The molecule has 3 rings (SSSR count). The maximum Gasteiger partial charge on any atom is 0.330 e. The minimum atomic E-state index is -1.14. The predicted octanol–water partition coefficient (Wildman–Crippen LogP) is 3.76. The number of amides is 1. The summed E-state index contributed by atoms with van der Waals surface area (Å²) in [6, 6.07) is 14.8. The highest BCUT2D eigenvalue weighted by Crippen LogP contribution is 2.31. The fourth-order valence-corrected chi connectivity index (χ4v) is 3.54. The number of methoxy groups -OCH3 is 1. The Kier molecular flexibility index (Phi) is 5.90. The highest BCUT2D eigenvalue weighted by molar-refractivity contribution is 7.17. The van der Waals surface area contributed by atoms with Gasteiger partial charge in [0.05, 0.1) is 18.5 Å². The van der Waals surface area contributed by atoms with Gasteiger partial charge in [-0.15, -0.1) is 0 Å². The Morgan fingerprint density at radius 1 is 1.11 bits per heavy atom. The van der Waals surface area contributed by atoms with Crippen LogP contribution in [-0.4, -0.2) is 29.1 Å². The van der Waals surface area contributed by atoms with Crippen molar-refractivity contribution in [3.63, 3.8) is 0 Å². The fraction of sp³-hybridized carbons (Fsp3) is 0.150. The summed E-state index contributed by atoms with van der Waals surface area (Å²) in [6.45, 7) is 1.71. The first kappa shape index (κ1) is 19.4. The van der Waals surface area contributed by atoms with Crippen LogP contribution in [0.1, 0.15) is 27.0 Å². The van der Waals surface area contributed by atoms with Gasteiger partial charge in [0.1, 0.15) is 10.6 Å². The number of carbonyl (C=O) groups is 2. The maximum atomic E-state index is 12.7. The van der Waals surface area contributed by atoms with Gasteiger partial charge in [0.2, 0.25) is 0 Å². The molecule has 1 aromatic heterocycles. The van der Waals surface area contributed by atoms with Crippen molar-refractivity contribution in [1.29, 1.82) is 0 Å². The first-order valence-corrected chi connectivity index (χ1v) is 9.27. The van der Waals surface area contributed by atoms with Crippen LogP contribution in [0.15, 0.2) is 54.6 Å². The molecule has 1 amide bonds. The van der Waals surface area contributed by atoms with Crippen molar-refractivity contribution in [3.05, 3.63) is 70.7 Å². The number of aryl methyl sites for hydroxylation is 1. The van der Waals surface area contributed by atoms with Crippen molar-refractivity contribution in [2.75, 3.05) is 12.4 Å². The highest BCUT2D eigenvalue weighted by Gasteiger charge is 2.25. The van der Waals surface area contributed by atoms with E-state index in [0.29, 0.717) is 27.0 Å². The fourth-order valence-electron chi connectivity index (χ4n) is 2.65. The normalized spacial score (nSPS) is 11.5. The number of ether oxygens (including phenoxy) is 1. The van der Waals surface area contributed by atoms with E-state index >= 15 is 0 Å².